The van der Waals surface area contributed by atoms with Gasteiger partial charge in [-0.1, -0.05) is 0 Å². The zero-order chi connectivity index (χ0) is 14.5. The second kappa shape index (κ2) is 6.05. The molecule has 0 radical (unpaired) electrons. The molecule has 0 fully saturated rings. The van der Waals surface area contributed by atoms with E-state index in [4.69, 9.17) is 5.11 Å². The maximum atomic E-state index is 11.4. The van der Waals surface area contributed by atoms with Crippen LogP contribution >= 0.6 is 0 Å². The van der Waals surface area contributed by atoms with E-state index in [1.807, 2.05) is 35.9 Å². The van der Waals surface area contributed by atoms with Crippen molar-refractivity contribution in [1.82, 2.24) is 20.0 Å². The lowest BCUT2D eigenvalue weighted by Crippen LogP contribution is -2.36. The lowest BCUT2D eigenvalue weighted by Gasteiger charge is -2.04. The molecule has 0 atom stereocenters. The first-order chi connectivity index (χ1) is 9.54. The Balaban J connectivity index is 1.86. The minimum atomic E-state index is -0.943. The van der Waals surface area contributed by atoms with Crippen molar-refractivity contribution in [3.05, 3.63) is 35.8 Å². The summed E-state index contributed by atoms with van der Waals surface area (Å²) in [6, 6.07) is 3.53. The number of amides is 2. The molecule has 0 saturated carbocycles. The van der Waals surface area contributed by atoms with Crippen LogP contribution in [-0.4, -0.2) is 33.0 Å². The summed E-state index contributed by atoms with van der Waals surface area (Å²) in [5.74, 6) is -0.943. The Labute approximate surface area is 115 Å². The number of aromatic nitrogens is 2. The van der Waals surface area contributed by atoms with Gasteiger partial charge in [0, 0.05) is 18.9 Å². The number of rotatable bonds is 5. The van der Waals surface area contributed by atoms with Crippen LogP contribution in [0.2, 0.25) is 0 Å². The van der Waals surface area contributed by atoms with E-state index in [-0.39, 0.29) is 13.0 Å². The van der Waals surface area contributed by atoms with Crippen LogP contribution in [0.1, 0.15) is 17.7 Å². The molecule has 0 bridgehead atoms. The van der Waals surface area contributed by atoms with Crippen LogP contribution in [0, 0.1) is 6.92 Å². The van der Waals surface area contributed by atoms with Crippen LogP contribution in [0.15, 0.2) is 24.5 Å². The maximum absolute atomic E-state index is 11.4. The Morgan fingerprint density at radius 2 is 2.20 bits per heavy atom. The van der Waals surface area contributed by atoms with Gasteiger partial charge in [0.05, 0.1) is 18.7 Å². The number of carbonyl (C=O) groups excluding carboxylic acids is 1. The molecule has 0 saturated heterocycles. The van der Waals surface area contributed by atoms with Crippen molar-refractivity contribution in [3.63, 3.8) is 0 Å². The third-order valence-electron chi connectivity index (χ3n) is 2.72. The van der Waals surface area contributed by atoms with Crippen LogP contribution in [0.25, 0.3) is 5.65 Å². The first kappa shape index (κ1) is 13.9. The fourth-order valence-corrected chi connectivity index (χ4v) is 1.74. The number of imidazole rings is 1. The summed E-state index contributed by atoms with van der Waals surface area (Å²) in [6.07, 6.45) is 3.65. The Hall–Kier alpha value is -2.57. The average Bonchev–Trinajstić information content (AvgIpc) is 2.77. The standard InChI is InChI=1S/C13H16N4O3/c1-9-3-5-17-8-10(16-11(17)6-9)7-15-13(20)14-4-2-12(18)19/h3,5-6,8H,2,4,7H2,1H3,(H,18,19)(H2,14,15,20). The summed E-state index contributed by atoms with van der Waals surface area (Å²) in [4.78, 5) is 26.1. The number of aryl methyl sites for hydroxylation is 1. The molecule has 0 aliphatic carbocycles. The molecule has 0 aromatic carbocycles. The zero-order valence-corrected chi connectivity index (χ0v) is 11.1. The number of hydrogen-bond acceptors (Lipinski definition) is 3. The Morgan fingerprint density at radius 1 is 1.40 bits per heavy atom. The Morgan fingerprint density at radius 3 is 2.95 bits per heavy atom. The minimum absolute atomic E-state index is 0.0962. The van der Waals surface area contributed by atoms with Gasteiger partial charge >= 0.3 is 12.0 Å². The van der Waals surface area contributed by atoms with Crippen LogP contribution in [0.4, 0.5) is 4.79 Å². The average molecular weight is 276 g/mol. The fraction of sp³-hybridized carbons (Fsp3) is 0.308. The summed E-state index contributed by atoms with van der Waals surface area (Å²) in [5, 5.41) is 13.5. The van der Waals surface area contributed by atoms with E-state index in [0.717, 1.165) is 16.9 Å². The fourth-order valence-electron chi connectivity index (χ4n) is 1.74. The van der Waals surface area contributed by atoms with Gasteiger partial charge in [-0.25, -0.2) is 9.78 Å². The monoisotopic (exact) mass is 276 g/mol. The largest absolute Gasteiger partial charge is 0.481 e. The number of pyridine rings is 1. The number of nitrogens with one attached hydrogen (secondary N) is 2. The number of carboxylic acid groups (broad SMARTS) is 1. The third-order valence-corrected chi connectivity index (χ3v) is 2.72. The Bertz CT molecular complexity index is 636. The summed E-state index contributed by atoms with van der Waals surface area (Å²) >= 11 is 0. The minimum Gasteiger partial charge on any atom is -0.481 e. The highest BCUT2D eigenvalue weighted by atomic mass is 16.4. The Kier molecular flexibility index (Phi) is 4.19. The van der Waals surface area contributed by atoms with Crippen molar-refractivity contribution in [3.8, 4) is 0 Å². The van der Waals surface area contributed by atoms with E-state index >= 15 is 0 Å². The second-order valence-electron chi connectivity index (χ2n) is 4.45. The van der Waals surface area contributed by atoms with Crippen molar-refractivity contribution >= 4 is 17.6 Å². The summed E-state index contributed by atoms with van der Waals surface area (Å²) < 4.78 is 1.88. The zero-order valence-electron chi connectivity index (χ0n) is 11.1. The lowest BCUT2D eigenvalue weighted by molar-refractivity contribution is -0.136. The summed E-state index contributed by atoms with van der Waals surface area (Å²) in [7, 11) is 0. The molecule has 0 aliphatic heterocycles. The summed E-state index contributed by atoms with van der Waals surface area (Å²) in [6.45, 7) is 2.38. The highest BCUT2D eigenvalue weighted by Crippen LogP contribution is 2.07. The molecule has 20 heavy (non-hydrogen) atoms. The smallest absolute Gasteiger partial charge is 0.315 e. The van der Waals surface area contributed by atoms with Crippen molar-refractivity contribution in [1.29, 1.82) is 0 Å². The molecule has 2 amide bonds. The highest BCUT2D eigenvalue weighted by molar-refractivity contribution is 5.74. The van der Waals surface area contributed by atoms with Crippen LogP contribution in [-0.2, 0) is 11.3 Å². The van der Waals surface area contributed by atoms with Gasteiger partial charge in [-0.15, -0.1) is 0 Å². The maximum Gasteiger partial charge on any atom is 0.315 e. The molecular formula is C13H16N4O3. The molecule has 0 unspecified atom stereocenters. The molecule has 106 valence electrons. The van der Waals surface area contributed by atoms with Crippen molar-refractivity contribution in [2.45, 2.75) is 19.9 Å². The molecule has 0 spiro atoms. The first-order valence-electron chi connectivity index (χ1n) is 6.22. The van der Waals surface area contributed by atoms with Gasteiger partial charge in [-0.3, -0.25) is 4.79 Å². The van der Waals surface area contributed by atoms with Crippen LogP contribution in [0.3, 0.4) is 0 Å². The van der Waals surface area contributed by atoms with Gasteiger partial charge in [0.25, 0.3) is 0 Å². The van der Waals surface area contributed by atoms with Crippen LogP contribution < -0.4 is 10.6 Å². The first-order valence-corrected chi connectivity index (χ1v) is 6.22. The SMILES string of the molecule is Cc1ccn2cc(CNC(=O)NCCC(=O)O)nc2c1. The lowest BCUT2D eigenvalue weighted by atomic mass is 10.3. The molecule has 2 aromatic heterocycles. The van der Waals surface area contributed by atoms with Gasteiger partial charge in [0.1, 0.15) is 5.65 Å². The van der Waals surface area contributed by atoms with E-state index in [1.54, 1.807) is 0 Å². The number of carboxylic acids is 1. The highest BCUT2D eigenvalue weighted by Gasteiger charge is 2.05. The number of carbonyl (C=O) groups is 2. The van der Waals surface area contributed by atoms with E-state index in [1.165, 1.54) is 0 Å². The molecule has 0 aliphatic rings. The number of urea groups is 1. The molecule has 2 aromatic rings. The number of fused-ring (bicyclic) bond motifs is 1. The topological polar surface area (TPSA) is 95.7 Å². The molecule has 2 rings (SSSR count). The van der Waals surface area contributed by atoms with E-state index in [0.29, 0.717) is 6.54 Å². The molecular weight excluding hydrogens is 260 g/mol. The number of nitrogens with zero attached hydrogens (tertiary/aromatic N) is 2. The van der Waals surface area contributed by atoms with E-state index < -0.39 is 12.0 Å². The normalized spacial score (nSPS) is 10.4. The van der Waals surface area contributed by atoms with Gasteiger partial charge in [-0.2, -0.15) is 0 Å². The second-order valence-corrected chi connectivity index (χ2v) is 4.45. The van der Waals surface area contributed by atoms with Gasteiger partial charge in [0.2, 0.25) is 0 Å². The molecule has 2 heterocycles. The predicted molar refractivity (Wildman–Crippen MR) is 72.4 cm³/mol. The summed E-state index contributed by atoms with van der Waals surface area (Å²) in [5.41, 5.74) is 2.69. The number of aliphatic carboxylic acids is 1. The molecule has 7 heteroatoms. The van der Waals surface area contributed by atoms with E-state index in [9.17, 15) is 9.59 Å². The van der Waals surface area contributed by atoms with Crippen molar-refractivity contribution < 1.29 is 14.7 Å². The molecule has 3 N–H and O–H groups in total. The third kappa shape index (κ3) is 3.71. The molecule has 7 nitrogen and oxygen atoms in total. The van der Waals surface area contributed by atoms with E-state index in [2.05, 4.69) is 15.6 Å². The van der Waals surface area contributed by atoms with Gasteiger partial charge in [0.15, 0.2) is 0 Å². The number of hydrogen-bond donors (Lipinski definition) is 3. The van der Waals surface area contributed by atoms with Gasteiger partial charge in [-0.05, 0) is 24.6 Å². The van der Waals surface area contributed by atoms with Crippen LogP contribution in [0.5, 0.6) is 0 Å². The van der Waals surface area contributed by atoms with Gasteiger partial charge < -0.3 is 20.1 Å². The van der Waals surface area contributed by atoms with Crippen molar-refractivity contribution in [2.24, 2.45) is 0 Å². The van der Waals surface area contributed by atoms with Crippen molar-refractivity contribution in [2.75, 3.05) is 6.54 Å². The predicted octanol–water partition coefficient (Wildman–Crippen LogP) is 0.917. The quantitative estimate of drug-likeness (QED) is 0.756.